The van der Waals surface area contributed by atoms with Gasteiger partial charge >= 0.3 is 0 Å². The van der Waals surface area contributed by atoms with Gasteiger partial charge in [0.05, 0.1) is 12.5 Å². The first-order valence-electron chi connectivity index (χ1n) is 9.05. The summed E-state index contributed by atoms with van der Waals surface area (Å²) >= 11 is 0. The fourth-order valence-corrected chi connectivity index (χ4v) is 3.99. The SMILES string of the molecule is O=C(C[C@@H]1N[C@@H]2CCCC[C@H]2NC1=O)Nc1cccc2ccccc12. The van der Waals surface area contributed by atoms with Gasteiger partial charge in [-0.3, -0.25) is 9.59 Å². The third kappa shape index (κ3) is 3.37. The van der Waals surface area contributed by atoms with E-state index in [1.54, 1.807) is 0 Å². The Morgan fingerprint density at radius 1 is 1.04 bits per heavy atom. The molecule has 2 aromatic rings. The predicted molar refractivity (Wildman–Crippen MR) is 98.3 cm³/mol. The molecule has 1 aliphatic heterocycles. The lowest BCUT2D eigenvalue weighted by Crippen LogP contribution is -2.65. The molecule has 1 aliphatic carbocycles. The molecular weight excluding hydrogens is 314 g/mol. The number of carbonyl (C=O) groups excluding carboxylic acids is 2. The van der Waals surface area contributed by atoms with Crippen LogP contribution in [-0.4, -0.2) is 29.9 Å². The number of anilines is 1. The van der Waals surface area contributed by atoms with Crippen LogP contribution in [0, 0.1) is 0 Å². The van der Waals surface area contributed by atoms with Gasteiger partial charge in [0.25, 0.3) is 0 Å². The van der Waals surface area contributed by atoms with E-state index in [1.807, 2.05) is 42.5 Å². The molecule has 0 spiro atoms. The summed E-state index contributed by atoms with van der Waals surface area (Å²) in [6.07, 6.45) is 4.58. The lowest BCUT2D eigenvalue weighted by Gasteiger charge is -2.40. The Bertz CT molecular complexity index is 799. The summed E-state index contributed by atoms with van der Waals surface area (Å²) in [6.45, 7) is 0. The summed E-state index contributed by atoms with van der Waals surface area (Å²) in [5.41, 5.74) is 0.787. The summed E-state index contributed by atoms with van der Waals surface area (Å²) in [6, 6.07) is 13.8. The second kappa shape index (κ2) is 6.84. The molecule has 2 amide bonds. The van der Waals surface area contributed by atoms with Crippen LogP contribution in [0.2, 0.25) is 0 Å². The summed E-state index contributed by atoms with van der Waals surface area (Å²) in [4.78, 5) is 24.8. The molecule has 3 N–H and O–H groups in total. The predicted octanol–water partition coefficient (Wildman–Crippen LogP) is 2.57. The molecule has 3 atom stereocenters. The average molecular weight is 337 g/mol. The number of piperazine rings is 1. The van der Waals surface area contributed by atoms with Crippen LogP contribution in [0.3, 0.4) is 0 Å². The van der Waals surface area contributed by atoms with Gasteiger partial charge in [-0.2, -0.15) is 0 Å². The van der Waals surface area contributed by atoms with Gasteiger partial charge in [-0.25, -0.2) is 0 Å². The number of hydrogen-bond acceptors (Lipinski definition) is 3. The number of fused-ring (bicyclic) bond motifs is 2. The van der Waals surface area contributed by atoms with Crippen molar-refractivity contribution in [3.05, 3.63) is 42.5 Å². The Balaban J connectivity index is 1.44. The van der Waals surface area contributed by atoms with Crippen LogP contribution in [0.1, 0.15) is 32.1 Å². The van der Waals surface area contributed by atoms with Crippen molar-refractivity contribution >= 4 is 28.3 Å². The number of nitrogens with one attached hydrogen (secondary N) is 3. The van der Waals surface area contributed by atoms with E-state index in [-0.39, 0.29) is 24.3 Å². The average Bonchev–Trinajstić information content (AvgIpc) is 2.63. The molecule has 0 aromatic heterocycles. The van der Waals surface area contributed by atoms with Crippen molar-refractivity contribution < 1.29 is 9.59 Å². The van der Waals surface area contributed by atoms with E-state index in [0.29, 0.717) is 6.04 Å². The fraction of sp³-hybridized carbons (Fsp3) is 0.400. The molecule has 5 heteroatoms. The van der Waals surface area contributed by atoms with Crippen LogP contribution in [0.15, 0.2) is 42.5 Å². The molecule has 130 valence electrons. The van der Waals surface area contributed by atoms with Crippen molar-refractivity contribution in [3.63, 3.8) is 0 Å². The number of amides is 2. The fourth-order valence-electron chi connectivity index (χ4n) is 3.99. The summed E-state index contributed by atoms with van der Waals surface area (Å²) < 4.78 is 0. The van der Waals surface area contributed by atoms with E-state index in [0.717, 1.165) is 35.7 Å². The van der Waals surface area contributed by atoms with Crippen LogP contribution in [0.4, 0.5) is 5.69 Å². The van der Waals surface area contributed by atoms with Gasteiger partial charge in [-0.1, -0.05) is 49.2 Å². The first-order valence-corrected chi connectivity index (χ1v) is 9.05. The van der Waals surface area contributed by atoms with Crippen molar-refractivity contribution in [1.29, 1.82) is 0 Å². The minimum Gasteiger partial charge on any atom is -0.350 e. The highest BCUT2D eigenvalue weighted by molar-refractivity contribution is 6.03. The summed E-state index contributed by atoms with van der Waals surface area (Å²) in [7, 11) is 0. The normalized spacial score (nSPS) is 25.9. The number of hydrogen-bond donors (Lipinski definition) is 3. The maximum Gasteiger partial charge on any atom is 0.237 e. The van der Waals surface area contributed by atoms with Crippen LogP contribution >= 0.6 is 0 Å². The lowest BCUT2D eigenvalue weighted by atomic mass is 9.87. The van der Waals surface area contributed by atoms with Crippen molar-refractivity contribution in [2.75, 3.05) is 5.32 Å². The zero-order valence-corrected chi connectivity index (χ0v) is 14.1. The van der Waals surface area contributed by atoms with Gasteiger partial charge in [0.15, 0.2) is 0 Å². The summed E-state index contributed by atoms with van der Waals surface area (Å²) in [5.74, 6) is -0.200. The Labute approximate surface area is 147 Å². The van der Waals surface area contributed by atoms with Crippen LogP contribution < -0.4 is 16.0 Å². The summed E-state index contributed by atoms with van der Waals surface area (Å²) in [5, 5.41) is 11.5. The van der Waals surface area contributed by atoms with Gasteiger partial charge in [0.1, 0.15) is 0 Å². The van der Waals surface area contributed by atoms with Crippen molar-refractivity contribution in [3.8, 4) is 0 Å². The third-order valence-corrected chi connectivity index (χ3v) is 5.28. The van der Waals surface area contributed by atoms with E-state index < -0.39 is 6.04 Å². The monoisotopic (exact) mass is 337 g/mol. The number of benzene rings is 2. The Morgan fingerprint density at radius 2 is 1.80 bits per heavy atom. The van der Waals surface area contributed by atoms with E-state index >= 15 is 0 Å². The van der Waals surface area contributed by atoms with E-state index in [1.165, 1.54) is 6.42 Å². The van der Waals surface area contributed by atoms with Gasteiger partial charge in [-0.15, -0.1) is 0 Å². The molecule has 2 aromatic carbocycles. The van der Waals surface area contributed by atoms with Crippen LogP contribution in [0.25, 0.3) is 10.8 Å². The molecule has 0 bridgehead atoms. The lowest BCUT2D eigenvalue weighted by molar-refractivity contribution is -0.129. The quantitative estimate of drug-likeness (QED) is 0.806. The maximum absolute atomic E-state index is 12.5. The number of carbonyl (C=O) groups is 2. The van der Waals surface area contributed by atoms with Crippen LogP contribution in [0.5, 0.6) is 0 Å². The molecule has 25 heavy (non-hydrogen) atoms. The van der Waals surface area contributed by atoms with Crippen molar-refractivity contribution in [2.45, 2.75) is 50.2 Å². The largest absolute Gasteiger partial charge is 0.350 e. The number of rotatable bonds is 3. The van der Waals surface area contributed by atoms with Crippen LogP contribution in [-0.2, 0) is 9.59 Å². The van der Waals surface area contributed by atoms with Gasteiger partial charge < -0.3 is 16.0 Å². The molecule has 1 saturated heterocycles. The Kier molecular flexibility index (Phi) is 4.40. The van der Waals surface area contributed by atoms with Crippen molar-refractivity contribution in [1.82, 2.24) is 10.6 Å². The van der Waals surface area contributed by atoms with Gasteiger partial charge in [0.2, 0.25) is 11.8 Å². The molecule has 2 fully saturated rings. The molecule has 0 radical (unpaired) electrons. The smallest absolute Gasteiger partial charge is 0.237 e. The maximum atomic E-state index is 12.5. The van der Waals surface area contributed by atoms with Gasteiger partial charge in [-0.05, 0) is 24.3 Å². The van der Waals surface area contributed by atoms with E-state index in [2.05, 4.69) is 16.0 Å². The molecular formula is C20H23N3O2. The first-order chi connectivity index (χ1) is 12.2. The zero-order chi connectivity index (χ0) is 17.2. The van der Waals surface area contributed by atoms with E-state index in [9.17, 15) is 9.59 Å². The molecule has 0 unspecified atom stereocenters. The van der Waals surface area contributed by atoms with Gasteiger partial charge in [0, 0.05) is 23.2 Å². The molecule has 2 aliphatic rings. The minimum absolute atomic E-state index is 0.0591. The molecule has 1 saturated carbocycles. The molecule has 5 nitrogen and oxygen atoms in total. The Morgan fingerprint density at radius 3 is 2.68 bits per heavy atom. The Hall–Kier alpha value is -2.40. The zero-order valence-electron chi connectivity index (χ0n) is 14.1. The highest BCUT2D eigenvalue weighted by Gasteiger charge is 2.36. The topological polar surface area (TPSA) is 70.2 Å². The second-order valence-electron chi connectivity index (χ2n) is 7.00. The van der Waals surface area contributed by atoms with E-state index in [4.69, 9.17) is 0 Å². The highest BCUT2D eigenvalue weighted by atomic mass is 16.2. The standard InChI is InChI=1S/C20H23N3O2/c24-19(22-15-11-5-7-13-6-1-2-8-14(13)15)12-18-20(25)23-17-10-4-3-9-16(17)21-18/h1-2,5-8,11,16-18,21H,3-4,9-10,12H2,(H,22,24)(H,23,25)/t16-,17-,18+/m1/s1. The second-order valence-corrected chi connectivity index (χ2v) is 7.00. The first kappa shape index (κ1) is 16.1. The third-order valence-electron chi connectivity index (χ3n) is 5.28. The minimum atomic E-state index is -0.450. The van der Waals surface area contributed by atoms with Crippen molar-refractivity contribution in [2.24, 2.45) is 0 Å². The molecule has 1 heterocycles. The highest BCUT2D eigenvalue weighted by Crippen LogP contribution is 2.24. The molecule has 4 rings (SSSR count).